The first-order valence-electron chi connectivity index (χ1n) is 18.0. The fraction of sp³-hybridized carbons (Fsp3) is 1.00. The van der Waals surface area contributed by atoms with Crippen LogP contribution in [0.2, 0.25) is 0 Å². The van der Waals surface area contributed by atoms with Gasteiger partial charge in [0.15, 0.2) is 0 Å². The van der Waals surface area contributed by atoms with Gasteiger partial charge in [-0.3, -0.25) is 0 Å². The summed E-state index contributed by atoms with van der Waals surface area (Å²) < 4.78 is 81.4. The van der Waals surface area contributed by atoms with E-state index in [1.807, 2.05) is 0 Å². The lowest BCUT2D eigenvalue weighted by molar-refractivity contribution is -0.0302. The summed E-state index contributed by atoms with van der Waals surface area (Å²) >= 11 is 0. The summed E-state index contributed by atoms with van der Waals surface area (Å²) in [5, 5.41) is 8.58. The molecule has 0 unspecified atom stereocenters. The number of hydrogen-bond donors (Lipinski definition) is 1. The fourth-order valence-corrected chi connectivity index (χ4v) is 3.46. The molecule has 0 bridgehead atoms. The van der Waals surface area contributed by atoms with Crippen molar-refractivity contribution < 1.29 is 76.2 Å². The van der Waals surface area contributed by atoms with E-state index in [4.69, 9.17) is 76.2 Å². The highest BCUT2D eigenvalue weighted by Crippen LogP contribution is 1.92. The summed E-state index contributed by atoms with van der Waals surface area (Å²) in [6.07, 6.45) is 0. The van der Waals surface area contributed by atoms with Gasteiger partial charge >= 0.3 is 0 Å². The summed E-state index contributed by atoms with van der Waals surface area (Å²) in [7, 11) is 0. The molecule has 0 fully saturated rings. The van der Waals surface area contributed by atoms with Crippen LogP contribution in [-0.4, -0.2) is 210 Å². The van der Waals surface area contributed by atoms with Crippen molar-refractivity contribution in [1.29, 1.82) is 0 Å². The van der Waals surface area contributed by atoms with Crippen LogP contribution in [0.3, 0.4) is 0 Å². The minimum atomic E-state index is 0.0234. The van der Waals surface area contributed by atoms with Gasteiger partial charge in [0.25, 0.3) is 0 Å². The Hall–Kier alpha value is -0.640. The first kappa shape index (κ1) is 49.4. The molecule has 16 heteroatoms. The molecule has 0 aromatic heterocycles. The SMILES string of the molecule is CC(C)COCCOCCOCCOCCOCCOCCOCCOCCOCCOCCOCCOCCOCCOCCOCCO. The van der Waals surface area contributed by atoms with Gasteiger partial charge in [-0.05, 0) is 5.92 Å². The Balaban J connectivity index is 3.05. The molecule has 0 atom stereocenters. The van der Waals surface area contributed by atoms with Crippen LogP contribution in [0.1, 0.15) is 13.8 Å². The number of aliphatic hydroxyl groups is 1. The van der Waals surface area contributed by atoms with Gasteiger partial charge in [-0.25, -0.2) is 0 Å². The minimum absolute atomic E-state index is 0.0234. The monoisotopic (exact) mass is 734 g/mol. The zero-order chi connectivity index (χ0) is 36.1. The maximum atomic E-state index is 8.58. The van der Waals surface area contributed by atoms with Crippen molar-refractivity contribution >= 4 is 0 Å². The summed E-state index contributed by atoms with van der Waals surface area (Å²) in [4.78, 5) is 0. The van der Waals surface area contributed by atoms with Gasteiger partial charge in [0.2, 0.25) is 0 Å². The Morgan fingerprint density at radius 3 is 0.520 bits per heavy atom. The van der Waals surface area contributed by atoms with Crippen molar-refractivity contribution in [2.45, 2.75) is 13.8 Å². The van der Waals surface area contributed by atoms with Gasteiger partial charge < -0.3 is 76.2 Å². The summed E-state index contributed by atoms with van der Waals surface area (Å²) in [6, 6.07) is 0. The second-order valence-corrected chi connectivity index (χ2v) is 10.8. The van der Waals surface area contributed by atoms with E-state index in [0.717, 1.165) is 6.61 Å². The Kier molecular flexibility index (Phi) is 45.8. The van der Waals surface area contributed by atoms with Crippen molar-refractivity contribution in [1.82, 2.24) is 0 Å². The summed E-state index contributed by atoms with van der Waals surface area (Å²) in [6.45, 7) is 19.8. The van der Waals surface area contributed by atoms with Gasteiger partial charge in [0.05, 0.1) is 198 Å². The molecular formula is C34H70O16. The van der Waals surface area contributed by atoms with Crippen LogP contribution in [0.25, 0.3) is 0 Å². The lowest BCUT2D eigenvalue weighted by atomic mass is 10.2. The summed E-state index contributed by atoms with van der Waals surface area (Å²) in [5.74, 6) is 0.543. The molecule has 0 amide bonds. The second kappa shape index (κ2) is 46.4. The van der Waals surface area contributed by atoms with E-state index in [-0.39, 0.29) is 6.61 Å². The molecular weight excluding hydrogens is 664 g/mol. The molecule has 0 aliphatic heterocycles. The Bertz CT molecular complexity index is 593. The first-order valence-corrected chi connectivity index (χ1v) is 18.0. The third-order valence-electron chi connectivity index (χ3n) is 5.89. The predicted molar refractivity (Wildman–Crippen MR) is 184 cm³/mol. The molecule has 0 rings (SSSR count). The van der Waals surface area contributed by atoms with E-state index >= 15 is 0 Å². The van der Waals surface area contributed by atoms with Crippen LogP contribution in [0.5, 0.6) is 0 Å². The van der Waals surface area contributed by atoms with E-state index in [0.29, 0.717) is 198 Å². The molecule has 50 heavy (non-hydrogen) atoms. The quantitative estimate of drug-likeness (QED) is 0.0878. The molecule has 16 nitrogen and oxygen atoms in total. The van der Waals surface area contributed by atoms with Crippen LogP contribution in [0, 0.1) is 5.92 Å². The Morgan fingerprint density at radius 2 is 0.380 bits per heavy atom. The highest BCUT2D eigenvalue weighted by molar-refractivity contribution is 4.41. The van der Waals surface area contributed by atoms with Gasteiger partial charge in [-0.15, -0.1) is 0 Å². The van der Waals surface area contributed by atoms with E-state index in [2.05, 4.69) is 13.8 Å². The zero-order valence-electron chi connectivity index (χ0n) is 31.1. The smallest absolute Gasteiger partial charge is 0.0701 e. The molecule has 0 saturated carbocycles. The van der Waals surface area contributed by atoms with Gasteiger partial charge in [0.1, 0.15) is 0 Å². The Labute approximate surface area is 300 Å². The standard InChI is InChI=1S/C34H70O16/c1-34(2)33-50-32-31-49-30-29-48-28-27-47-26-25-46-24-23-45-22-21-44-20-19-43-18-17-42-16-15-41-14-13-40-12-11-39-10-9-38-8-7-37-6-5-36-4-3-35/h34-35H,3-33H2,1-2H3. The highest BCUT2D eigenvalue weighted by atomic mass is 16.6. The van der Waals surface area contributed by atoms with E-state index < -0.39 is 0 Å². The van der Waals surface area contributed by atoms with Gasteiger partial charge in [0, 0.05) is 6.61 Å². The molecule has 0 aromatic rings. The summed E-state index contributed by atoms with van der Waals surface area (Å²) in [5.41, 5.74) is 0. The average Bonchev–Trinajstić information content (AvgIpc) is 3.11. The van der Waals surface area contributed by atoms with Crippen molar-refractivity contribution in [3.05, 3.63) is 0 Å². The maximum absolute atomic E-state index is 8.58. The van der Waals surface area contributed by atoms with Crippen molar-refractivity contribution in [3.8, 4) is 0 Å². The lowest BCUT2D eigenvalue weighted by Gasteiger charge is -2.09. The van der Waals surface area contributed by atoms with E-state index in [9.17, 15) is 0 Å². The molecule has 302 valence electrons. The van der Waals surface area contributed by atoms with Gasteiger partial charge in [-0.2, -0.15) is 0 Å². The van der Waals surface area contributed by atoms with Crippen LogP contribution in [0.4, 0.5) is 0 Å². The third kappa shape index (κ3) is 47.4. The number of aliphatic hydroxyl groups excluding tert-OH is 1. The number of rotatable bonds is 46. The Morgan fingerprint density at radius 1 is 0.240 bits per heavy atom. The molecule has 0 aliphatic carbocycles. The fourth-order valence-electron chi connectivity index (χ4n) is 3.46. The molecule has 0 aromatic carbocycles. The molecule has 0 saturated heterocycles. The van der Waals surface area contributed by atoms with E-state index in [1.165, 1.54) is 0 Å². The van der Waals surface area contributed by atoms with Crippen molar-refractivity contribution in [2.24, 2.45) is 5.92 Å². The zero-order valence-corrected chi connectivity index (χ0v) is 31.1. The maximum Gasteiger partial charge on any atom is 0.0701 e. The van der Waals surface area contributed by atoms with Crippen molar-refractivity contribution in [3.63, 3.8) is 0 Å². The number of ether oxygens (including phenoxy) is 15. The van der Waals surface area contributed by atoms with Crippen LogP contribution < -0.4 is 0 Å². The second-order valence-electron chi connectivity index (χ2n) is 10.8. The highest BCUT2D eigenvalue weighted by Gasteiger charge is 1.98. The van der Waals surface area contributed by atoms with E-state index in [1.54, 1.807) is 0 Å². The topological polar surface area (TPSA) is 159 Å². The molecule has 0 heterocycles. The molecule has 0 aliphatic rings. The largest absolute Gasteiger partial charge is 0.394 e. The van der Waals surface area contributed by atoms with Crippen LogP contribution >= 0.6 is 0 Å². The number of hydrogen-bond acceptors (Lipinski definition) is 16. The van der Waals surface area contributed by atoms with Crippen LogP contribution in [-0.2, 0) is 71.1 Å². The van der Waals surface area contributed by atoms with Gasteiger partial charge in [-0.1, -0.05) is 13.8 Å². The molecule has 0 spiro atoms. The average molecular weight is 735 g/mol. The normalized spacial score (nSPS) is 11.8. The van der Waals surface area contributed by atoms with Crippen LogP contribution in [0.15, 0.2) is 0 Å². The predicted octanol–water partition coefficient (Wildman–Crippen LogP) is 0.884. The van der Waals surface area contributed by atoms with Crippen molar-refractivity contribution in [2.75, 3.05) is 205 Å². The first-order chi connectivity index (χ1) is 24.8. The minimum Gasteiger partial charge on any atom is -0.394 e. The molecule has 0 radical (unpaired) electrons. The third-order valence-corrected chi connectivity index (χ3v) is 5.89. The lowest BCUT2D eigenvalue weighted by Crippen LogP contribution is -2.16. The molecule has 1 N–H and O–H groups in total.